The summed E-state index contributed by atoms with van der Waals surface area (Å²) in [6, 6.07) is 24.2. The van der Waals surface area contributed by atoms with Gasteiger partial charge in [-0.05, 0) is 34.7 Å². The Kier molecular flexibility index (Phi) is 8.40. The number of nitrogens with zero attached hydrogens (tertiary/aromatic N) is 2. The van der Waals surface area contributed by atoms with Crippen LogP contribution < -0.4 is 10.6 Å². The molecule has 3 N–H and O–H groups in total. The molecule has 0 bridgehead atoms. The number of carbonyl (C=O) groups excluding carboxylic acids is 2. The minimum absolute atomic E-state index is 0.0687. The van der Waals surface area contributed by atoms with Crippen molar-refractivity contribution in [3.8, 4) is 11.1 Å². The lowest BCUT2D eigenvalue weighted by atomic mass is 9.98. The van der Waals surface area contributed by atoms with Crippen molar-refractivity contribution in [2.24, 2.45) is 0 Å². The quantitative estimate of drug-likeness (QED) is 0.250. The number of hydrogen-bond donors (Lipinski definition) is 3. The molecule has 41 heavy (non-hydrogen) atoms. The van der Waals surface area contributed by atoms with Crippen LogP contribution in [0.5, 0.6) is 0 Å². The molecule has 0 fully saturated rings. The molecule has 3 aromatic carbocycles. The summed E-state index contributed by atoms with van der Waals surface area (Å²) in [5.74, 6) is -1.85. The normalized spacial score (nSPS) is 13.5. The summed E-state index contributed by atoms with van der Waals surface area (Å²) in [4.78, 5) is 36.9. The second-order valence-corrected chi connectivity index (χ2v) is 9.76. The largest absolute Gasteiger partial charge is 0.480 e. The summed E-state index contributed by atoms with van der Waals surface area (Å²) in [6.07, 6.45) is 1.42. The van der Waals surface area contributed by atoms with Crippen molar-refractivity contribution in [2.45, 2.75) is 38.1 Å². The third kappa shape index (κ3) is 6.62. The molecule has 0 saturated heterocycles. The van der Waals surface area contributed by atoms with Crippen molar-refractivity contribution in [3.63, 3.8) is 0 Å². The molecule has 0 unspecified atom stereocenters. The third-order valence-electron chi connectivity index (χ3n) is 6.94. The molecular weight excluding hydrogens is 524 g/mol. The van der Waals surface area contributed by atoms with Gasteiger partial charge in [-0.1, -0.05) is 78.9 Å². The summed E-state index contributed by atoms with van der Waals surface area (Å²) in [5, 5.41) is 18.8. The monoisotopic (exact) mass is 554 g/mol. The van der Waals surface area contributed by atoms with E-state index in [0.29, 0.717) is 5.69 Å². The number of aliphatic carboxylic acids is 1. The number of fused-ring (bicyclic) bond motifs is 3. The highest BCUT2D eigenvalue weighted by Crippen LogP contribution is 2.44. The van der Waals surface area contributed by atoms with Crippen LogP contribution in [0.15, 0.2) is 91.3 Å². The minimum Gasteiger partial charge on any atom is -0.480 e. The van der Waals surface area contributed by atoms with E-state index in [2.05, 4.69) is 27.9 Å². The number of carboxylic acid groups (broad SMARTS) is 1. The van der Waals surface area contributed by atoms with E-state index in [4.69, 9.17) is 9.47 Å². The van der Waals surface area contributed by atoms with Crippen LogP contribution >= 0.6 is 0 Å². The second kappa shape index (κ2) is 12.5. The first-order chi connectivity index (χ1) is 19.9. The Morgan fingerprint density at radius 1 is 0.951 bits per heavy atom. The topological polar surface area (TPSA) is 132 Å². The van der Waals surface area contributed by atoms with Crippen LogP contribution in [-0.4, -0.2) is 51.6 Å². The Hall–Kier alpha value is -4.96. The molecule has 1 heterocycles. The summed E-state index contributed by atoms with van der Waals surface area (Å²) < 4.78 is 12.5. The molecule has 210 valence electrons. The molecule has 10 heteroatoms. The lowest BCUT2D eigenvalue weighted by Gasteiger charge is -2.22. The molecule has 5 rings (SSSR count). The lowest BCUT2D eigenvalue weighted by molar-refractivity contribution is -0.146. The molecule has 1 aliphatic carbocycles. The molecule has 0 radical (unpaired) electrons. The molecule has 1 aromatic heterocycles. The van der Waals surface area contributed by atoms with Crippen molar-refractivity contribution >= 4 is 23.7 Å². The Morgan fingerprint density at radius 3 is 2.24 bits per heavy atom. The average molecular weight is 555 g/mol. The minimum atomic E-state index is -1.25. The Morgan fingerprint density at radius 2 is 1.59 bits per heavy atom. The average Bonchev–Trinajstić information content (AvgIpc) is 3.55. The lowest BCUT2D eigenvalue weighted by Crippen LogP contribution is -2.49. The Bertz CT molecular complexity index is 1490. The fraction of sp³-hybridized carbons (Fsp3) is 0.226. The maximum atomic E-state index is 12.6. The van der Waals surface area contributed by atoms with Crippen molar-refractivity contribution in [1.29, 1.82) is 0 Å². The highest BCUT2D eigenvalue weighted by Gasteiger charge is 2.29. The van der Waals surface area contributed by atoms with Crippen molar-refractivity contribution < 1.29 is 29.0 Å². The number of carbonyl (C=O) groups is 3. The van der Waals surface area contributed by atoms with E-state index < -0.39 is 30.1 Å². The van der Waals surface area contributed by atoms with Crippen molar-refractivity contribution in [2.75, 3.05) is 11.9 Å². The third-order valence-corrected chi connectivity index (χ3v) is 6.94. The molecule has 2 amide bonds. The van der Waals surface area contributed by atoms with Gasteiger partial charge in [-0.25, -0.2) is 9.59 Å². The van der Waals surface area contributed by atoms with Gasteiger partial charge in [0.15, 0.2) is 6.04 Å². The molecule has 2 atom stereocenters. The summed E-state index contributed by atoms with van der Waals surface area (Å²) in [6.45, 7) is 1.72. The van der Waals surface area contributed by atoms with Gasteiger partial charge in [-0.3, -0.25) is 14.8 Å². The zero-order valence-corrected chi connectivity index (χ0v) is 22.4. The number of ether oxygens (including phenoxy) is 2. The summed E-state index contributed by atoms with van der Waals surface area (Å²) in [5.41, 5.74) is 5.73. The zero-order chi connectivity index (χ0) is 28.8. The van der Waals surface area contributed by atoms with Crippen LogP contribution in [0.1, 0.15) is 29.5 Å². The molecule has 0 aliphatic heterocycles. The van der Waals surface area contributed by atoms with Crippen LogP contribution in [0.4, 0.5) is 10.5 Å². The fourth-order valence-electron chi connectivity index (χ4n) is 4.91. The maximum Gasteiger partial charge on any atom is 0.411 e. The number of carboxylic acids is 1. The highest BCUT2D eigenvalue weighted by atomic mass is 16.5. The number of benzene rings is 3. The van der Waals surface area contributed by atoms with Crippen LogP contribution in [0.25, 0.3) is 11.1 Å². The number of amides is 2. The van der Waals surface area contributed by atoms with Gasteiger partial charge in [0, 0.05) is 12.1 Å². The van der Waals surface area contributed by atoms with E-state index >= 15 is 0 Å². The first kappa shape index (κ1) is 27.6. The van der Waals surface area contributed by atoms with E-state index in [-0.39, 0.29) is 25.7 Å². The maximum absolute atomic E-state index is 12.6. The van der Waals surface area contributed by atoms with Gasteiger partial charge in [0.25, 0.3) is 0 Å². The van der Waals surface area contributed by atoms with Gasteiger partial charge in [-0.15, -0.1) is 0 Å². The van der Waals surface area contributed by atoms with Gasteiger partial charge in [0.1, 0.15) is 13.2 Å². The van der Waals surface area contributed by atoms with E-state index in [1.807, 2.05) is 66.7 Å². The number of hydrogen-bond acceptors (Lipinski definition) is 6. The summed E-state index contributed by atoms with van der Waals surface area (Å²) in [7, 11) is 0. The van der Waals surface area contributed by atoms with Gasteiger partial charge in [0.2, 0.25) is 5.91 Å². The summed E-state index contributed by atoms with van der Waals surface area (Å²) >= 11 is 0. The predicted molar refractivity (Wildman–Crippen MR) is 151 cm³/mol. The first-order valence-electron chi connectivity index (χ1n) is 13.2. The van der Waals surface area contributed by atoms with Crippen LogP contribution in [0.2, 0.25) is 0 Å². The molecule has 0 spiro atoms. The van der Waals surface area contributed by atoms with Crippen LogP contribution in [0.3, 0.4) is 0 Å². The van der Waals surface area contributed by atoms with E-state index in [1.54, 1.807) is 6.92 Å². The van der Waals surface area contributed by atoms with Crippen molar-refractivity contribution in [3.05, 3.63) is 108 Å². The van der Waals surface area contributed by atoms with E-state index in [0.717, 1.165) is 27.8 Å². The molecule has 4 aromatic rings. The van der Waals surface area contributed by atoms with Gasteiger partial charge in [-0.2, -0.15) is 5.10 Å². The molecule has 10 nitrogen and oxygen atoms in total. The number of anilines is 1. The molecule has 0 saturated carbocycles. The number of nitrogens with one attached hydrogen (secondary N) is 2. The van der Waals surface area contributed by atoms with Gasteiger partial charge in [0.05, 0.1) is 24.6 Å². The SMILES string of the molecule is C[C@@H](OCc1ccccc1)[C@H](NC(=O)Cn1cc(NC(=O)OCC2c3ccccc3-c3ccccc32)cn1)C(=O)O. The Balaban J connectivity index is 1.12. The van der Waals surface area contributed by atoms with E-state index in [1.165, 1.54) is 17.1 Å². The zero-order valence-electron chi connectivity index (χ0n) is 22.4. The standard InChI is InChI=1S/C31H30N4O6/c1-20(40-18-21-9-3-2-4-10-21)29(30(37)38)34-28(36)17-35-16-22(15-32-35)33-31(39)41-19-27-25-13-7-5-11-23(25)24-12-6-8-14-26(24)27/h2-16,20,27,29H,17-19H2,1H3,(H,33,39)(H,34,36)(H,37,38)/t20-,29+/m1/s1. The Labute approximate surface area is 236 Å². The number of aromatic nitrogens is 2. The molecule has 1 aliphatic rings. The van der Waals surface area contributed by atoms with Gasteiger partial charge < -0.3 is 19.9 Å². The first-order valence-corrected chi connectivity index (χ1v) is 13.2. The highest BCUT2D eigenvalue weighted by molar-refractivity contribution is 5.85. The van der Waals surface area contributed by atoms with E-state index in [9.17, 15) is 19.5 Å². The van der Waals surface area contributed by atoms with Crippen molar-refractivity contribution in [1.82, 2.24) is 15.1 Å². The van der Waals surface area contributed by atoms with Gasteiger partial charge >= 0.3 is 12.1 Å². The second-order valence-electron chi connectivity index (χ2n) is 9.76. The van der Waals surface area contributed by atoms with Crippen LogP contribution in [-0.2, 0) is 32.2 Å². The smallest absolute Gasteiger partial charge is 0.411 e. The molecular formula is C31H30N4O6. The van der Waals surface area contributed by atoms with Crippen LogP contribution in [0, 0.1) is 0 Å². The fourth-order valence-corrected chi connectivity index (χ4v) is 4.91. The predicted octanol–water partition coefficient (Wildman–Crippen LogP) is 4.42. The number of rotatable bonds is 11.